The number of halogens is 2. The lowest BCUT2D eigenvalue weighted by molar-refractivity contribution is 0.171. The summed E-state index contributed by atoms with van der Waals surface area (Å²) in [5.41, 5.74) is 3.49. The molecule has 0 bridgehead atoms. The molecule has 1 atom stereocenters. The molecule has 0 fully saturated rings. The van der Waals surface area contributed by atoms with E-state index in [4.69, 9.17) is 21.1 Å². The maximum atomic E-state index is 6.40. The predicted molar refractivity (Wildman–Crippen MR) is 89.0 cm³/mol. The first-order valence-corrected chi connectivity index (χ1v) is 8.30. The summed E-state index contributed by atoms with van der Waals surface area (Å²) in [6.07, 6.45) is 1.04. The van der Waals surface area contributed by atoms with Crippen LogP contribution < -0.4 is 9.47 Å². The SMILES string of the molecule is CCc1ccc(C(Br)c2cc3c(cc2Cl)OCCO3)cc1. The van der Waals surface area contributed by atoms with Gasteiger partial charge in [-0.3, -0.25) is 0 Å². The molecule has 0 radical (unpaired) electrons. The molecule has 0 N–H and O–H groups in total. The van der Waals surface area contributed by atoms with Gasteiger partial charge in [-0.15, -0.1) is 0 Å². The van der Waals surface area contributed by atoms with Gasteiger partial charge in [-0.2, -0.15) is 0 Å². The van der Waals surface area contributed by atoms with Gasteiger partial charge in [0.25, 0.3) is 0 Å². The van der Waals surface area contributed by atoms with Gasteiger partial charge in [0.1, 0.15) is 13.2 Å². The molecule has 0 aromatic heterocycles. The van der Waals surface area contributed by atoms with E-state index < -0.39 is 0 Å². The second kappa shape index (κ2) is 6.29. The fourth-order valence-corrected chi connectivity index (χ4v) is 3.45. The lowest BCUT2D eigenvalue weighted by Crippen LogP contribution is -2.15. The van der Waals surface area contributed by atoms with Crippen molar-refractivity contribution in [1.29, 1.82) is 0 Å². The highest BCUT2D eigenvalue weighted by atomic mass is 79.9. The first-order chi connectivity index (χ1) is 10.2. The topological polar surface area (TPSA) is 18.5 Å². The van der Waals surface area contributed by atoms with Crippen LogP contribution in [0.2, 0.25) is 5.02 Å². The van der Waals surface area contributed by atoms with Gasteiger partial charge in [0, 0.05) is 11.1 Å². The summed E-state index contributed by atoms with van der Waals surface area (Å²) in [7, 11) is 0. The van der Waals surface area contributed by atoms with Crippen molar-refractivity contribution in [3.63, 3.8) is 0 Å². The molecule has 3 rings (SSSR count). The summed E-state index contributed by atoms with van der Waals surface area (Å²) < 4.78 is 11.2. The molecular weight excluding hydrogens is 352 g/mol. The van der Waals surface area contributed by atoms with Crippen LogP contribution in [0.4, 0.5) is 0 Å². The maximum absolute atomic E-state index is 6.40. The third-order valence-corrected chi connectivity index (χ3v) is 4.96. The minimum atomic E-state index is 0.0340. The van der Waals surface area contributed by atoms with Crippen LogP contribution in [0, 0.1) is 0 Å². The Morgan fingerprint density at radius 1 is 1.10 bits per heavy atom. The van der Waals surface area contributed by atoms with Crippen molar-refractivity contribution in [2.24, 2.45) is 0 Å². The summed E-state index contributed by atoms with van der Waals surface area (Å²) in [6.45, 7) is 3.30. The van der Waals surface area contributed by atoms with Crippen LogP contribution >= 0.6 is 27.5 Å². The molecule has 0 aliphatic carbocycles. The first kappa shape index (κ1) is 14.7. The molecule has 0 saturated heterocycles. The van der Waals surface area contributed by atoms with Gasteiger partial charge < -0.3 is 9.47 Å². The second-order valence-electron chi connectivity index (χ2n) is 4.98. The largest absolute Gasteiger partial charge is 0.486 e. The Kier molecular flexibility index (Phi) is 4.41. The Labute approximate surface area is 138 Å². The van der Waals surface area contributed by atoms with E-state index in [9.17, 15) is 0 Å². The van der Waals surface area contributed by atoms with E-state index in [2.05, 4.69) is 47.1 Å². The summed E-state index contributed by atoms with van der Waals surface area (Å²) in [5, 5.41) is 0.681. The van der Waals surface area contributed by atoms with E-state index in [0.29, 0.717) is 18.2 Å². The molecule has 110 valence electrons. The average Bonchev–Trinajstić information content (AvgIpc) is 2.53. The van der Waals surface area contributed by atoms with Crippen LogP contribution in [-0.4, -0.2) is 13.2 Å². The molecule has 1 aliphatic heterocycles. The fraction of sp³-hybridized carbons (Fsp3) is 0.294. The third-order valence-electron chi connectivity index (χ3n) is 3.62. The highest BCUT2D eigenvalue weighted by molar-refractivity contribution is 9.09. The van der Waals surface area contributed by atoms with Crippen LogP contribution in [0.1, 0.15) is 28.4 Å². The van der Waals surface area contributed by atoms with Crippen LogP contribution in [0.5, 0.6) is 11.5 Å². The Balaban J connectivity index is 1.94. The van der Waals surface area contributed by atoms with Crippen molar-refractivity contribution in [1.82, 2.24) is 0 Å². The molecule has 0 amide bonds. The minimum absolute atomic E-state index is 0.0340. The lowest BCUT2D eigenvalue weighted by Gasteiger charge is -2.21. The Hall–Kier alpha value is -1.19. The molecule has 1 heterocycles. The first-order valence-electron chi connectivity index (χ1n) is 7.01. The van der Waals surface area contributed by atoms with Crippen LogP contribution in [0.15, 0.2) is 36.4 Å². The number of aryl methyl sites for hydroxylation is 1. The van der Waals surface area contributed by atoms with Gasteiger partial charge in [-0.1, -0.05) is 58.7 Å². The number of fused-ring (bicyclic) bond motifs is 1. The van der Waals surface area contributed by atoms with Crippen molar-refractivity contribution in [3.8, 4) is 11.5 Å². The smallest absolute Gasteiger partial charge is 0.162 e. The number of alkyl halides is 1. The summed E-state index contributed by atoms with van der Waals surface area (Å²) in [6, 6.07) is 12.4. The van der Waals surface area contributed by atoms with Crippen molar-refractivity contribution in [2.45, 2.75) is 18.2 Å². The lowest BCUT2D eigenvalue weighted by atomic mass is 10.0. The molecule has 0 spiro atoms. The van der Waals surface area contributed by atoms with Crippen molar-refractivity contribution in [3.05, 3.63) is 58.1 Å². The maximum Gasteiger partial charge on any atom is 0.162 e. The van der Waals surface area contributed by atoms with Gasteiger partial charge in [0.15, 0.2) is 11.5 Å². The molecule has 0 saturated carbocycles. The zero-order valence-corrected chi connectivity index (χ0v) is 14.1. The normalized spacial score (nSPS) is 14.8. The van der Waals surface area contributed by atoms with E-state index >= 15 is 0 Å². The molecule has 1 aliphatic rings. The summed E-state index contributed by atoms with van der Waals surface area (Å²) in [4.78, 5) is 0.0340. The number of ether oxygens (including phenoxy) is 2. The van der Waals surface area contributed by atoms with Gasteiger partial charge in [-0.05, 0) is 29.2 Å². The van der Waals surface area contributed by atoms with Gasteiger partial charge in [-0.25, -0.2) is 0 Å². The Bertz CT molecular complexity index is 640. The molecule has 21 heavy (non-hydrogen) atoms. The highest BCUT2D eigenvalue weighted by Crippen LogP contribution is 2.42. The van der Waals surface area contributed by atoms with Crippen LogP contribution in [-0.2, 0) is 6.42 Å². The average molecular weight is 368 g/mol. The molecular formula is C17H16BrClO2. The summed E-state index contributed by atoms with van der Waals surface area (Å²) >= 11 is 10.1. The summed E-state index contributed by atoms with van der Waals surface area (Å²) in [5.74, 6) is 1.48. The number of rotatable bonds is 3. The van der Waals surface area contributed by atoms with Crippen LogP contribution in [0.25, 0.3) is 0 Å². The standard InChI is InChI=1S/C17H16BrClO2/c1-2-11-3-5-12(6-4-11)17(18)13-9-15-16(10-14(13)19)21-8-7-20-15/h3-6,9-10,17H,2,7-8H2,1H3. The third kappa shape index (κ3) is 3.04. The number of hydrogen-bond donors (Lipinski definition) is 0. The highest BCUT2D eigenvalue weighted by Gasteiger charge is 2.20. The quantitative estimate of drug-likeness (QED) is 0.698. The Morgan fingerprint density at radius 3 is 2.33 bits per heavy atom. The van der Waals surface area contributed by atoms with E-state index in [1.165, 1.54) is 11.1 Å². The predicted octanol–water partition coefficient (Wildman–Crippen LogP) is 5.16. The molecule has 4 heteroatoms. The van der Waals surface area contributed by atoms with Gasteiger partial charge in [0.05, 0.1) is 4.83 Å². The van der Waals surface area contributed by atoms with Crippen molar-refractivity contribution >= 4 is 27.5 Å². The Morgan fingerprint density at radius 2 is 1.71 bits per heavy atom. The molecule has 2 nitrogen and oxygen atoms in total. The number of benzene rings is 2. The van der Waals surface area contributed by atoms with Crippen LogP contribution in [0.3, 0.4) is 0 Å². The van der Waals surface area contributed by atoms with E-state index in [0.717, 1.165) is 23.5 Å². The molecule has 1 unspecified atom stereocenters. The zero-order valence-electron chi connectivity index (χ0n) is 11.7. The molecule has 2 aromatic rings. The minimum Gasteiger partial charge on any atom is -0.486 e. The van der Waals surface area contributed by atoms with E-state index in [1.54, 1.807) is 0 Å². The number of hydrogen-bond acceptors (Lipinski definition) is 2. The fourth-order valence-electron chi connectivity index (χ4n) is 2.38. The van der Waals surface area contributed by atoms with Gasteiger partial charge in [0.2, 0.25) is 0 Å². The zero-order chi connectivity index (χ0) is 14.8. The van der Waals surface area contributed by atoms with Gasteiger partial charge >= 0.3 is 0 Å². The van der Waals surface area contributed by atoms with Crippen molar-refractivity contribution in [2.75, 3.05) is 13.2 Å². The van der Waals surface area contributed by atoms with Crippen molar-refractivity contribution < 1.29 is 9.47 Å². The van der Waals surface area contributed by atoms with E-state index in [-0.39, 0.29) is 4.83 Å². The van der Waals surface area contributed by atoms with E-state index in [1.807, 2.05) is 12.1 Å². The second-order valence-corrected chi connectivity index (χ2v) is 6.30. The molecule has 2 aromatic carbocycles. The monoisotopic (exact) mass is 366 g/mol.